The van der Waals surface area contributed by atoms with E-state index in [0.717, 1.165) is 32.1 Å². The molecular weight excluding hydrogens is 456 g/mol. The summed E-state index contributed by atoms with van der Waals surface area (Å²) in [5, 5.41) is 0. The van der Waals surface area contributed by atoms with Crippen LogP contribution >= 0.6 is 0 Å². The molecule has 0 N–H and O–H groups in total. The normalized spacial score (nSPS) is 47.0. The molecule has 0 aromatic heterocycles. The molecule has 194 valence electrons. The van der Waals surface area contributed by atoms with Gasteiger partial charge in [-0.1, -0.05) is 27.2 Å². The quantitative estimate of drug-likeness (QED) is 0.431. The summed E-state index contributed by atoms with van der Waals surface area (Å²) in [6.07, 6.45) is 2.04. The van der Waals surface area contributed by atoms with Crippen molar-refractivity contribution < 1.29 is 42.9 Å². The first-order valence-corrected chi connectivity index (χ1v) is 12.7. The lowest BCUT2D eigenvalue weighted by atomic mass is 9.53. The van der Waals surface area contributed by atoms with E-state index in [-0.39, 0.29) is 16.7 Å². The lowest BCUT2D eigenvalue weighted by Gasteiger charge is -2.52. The Kier molecular flexibility index (Phi) is 5.55. The van der Waals surface area contributed by atoms with E-state index in [1.54, 1.807) is 0 Å². The minimum absolute atomic E-state index is 0.0488. The van der Waals surface area contributed by atoms with Gasteiger partial charge in [-0.25, -0.2) is 4.79 Å². The third-order valence-electron chi connectivity index (χ3n) is 9.79. The van der Waals surface area contributed by atoms with Crippen molar-refractivity contribution in [1.29, 1.82) is 0 Å². The molecule has 0 aromatic carbocycles. The van der Waals surface area contributed by atoms with Gasteiger partial charge in [-0.15, -0.1) is 0 Å². The molecule has 5 fully saturated rings. The Labute approximate surface area is 205 Å². The van der Waals surface area contributed by atoms with Gasteiger partial charge in [-0.3, -0.25) is 14.4 Å². The molecule has 2 saturated heterocycles. The second-order valence-corrected chi connectivity index (χ2v) is 12.1. The molecule has 0 amide bonds. The van der Waals surface area contributed by atoms with Gasteiger partial charge in [0, 0.05) is 32.6 Å². The molecule has 0 aromatic rings. The number of esters is 4. The SMILES string of the molecule is CC(=O)OC1OC2OC(=O)C3(OC(C)=O)C(OC(C)=O)C(C4CCC5C(C)(C)CCCC45C)C1C23. The lowest BCUT2D eigenvalue weighted by Crippen LogP contribution is -2.55. The summed E-state index contributed by atoms with van der Waals surface area (Å²) in [4.78, 5) is 50.1. The first kappa shape index (κ1) is 24.5. The molecule has 9 heteroatoms. The van der Waals surface area contributed by atoms with E-state index in [1.165, 1.54) is 20.8 Å². The third-order valence-corrected chi connectivity index (χ3v) is 9.79. The summed E-state index contributed by atoms with van der Waals surface area (Å²) >= 11 is 0. The van der Waals surface area contributed by atoms with E-state index in [1.807, 2.05) is 0 Å². The summed E-state index contributed by atoms with van der Waals surface area (Å²) < 4.78 is 28.7. The molecule has 2 heterocycles. The highest BCUT2D eigenvalue weighted by molar-refractivity contribution is 5.88. The van der Waals surface area contributed by atoms with E-state index < -0.39 is 65.9 Å². The molecule has 0 bridgehead atoms. The Morgan fingerprint density at radius 2 is 1.60 bits per heavy atom. The molecule has 3 saturated carbocycles. The summed E-state index contributed by atoms with van der Waals surface area (Å²) in [6.45, 7) is 10.7. The van der Waals surface area contributed by atoms with Crippen molar-refractivity contribution in [2.45, 2.75) is 97.9 Å². The van der Waals surface area contributed by atoms with Crippen LogP contribution < -0.4 is 0 Å². The molecule has 3 aliphatic carbocycles. The second kappa shape index (κ2) is 7.92. The first-order chi connectivity index (χ1) is 16.3. The zero-order valence-corrected chi connectivity index (χ0v) is 21.3. The van der Waals surface area contributed by atoms with Gasteiger partial charge >= 0.3 is 23.9 Å². The van der Waals surface area contributed by atoms with Gasteiger partial charge in [-0.05, 0) is 48.3 Å². The van der Waals surface area contributed by atoms with Crippen LogP contribution in [0.4, 0.5) is 0 Å². The van der Waals surface area contributed by atoms with Crippen molar-refractivity contribution >= 4 is 23.9 Å². The Morgan fingerprint density at radius 1 is 0.914 bits per heavy atom. The van der Waals surface area contributed by atoms with E-state index in [4.69, 9.17) is 23.7 Å². The summed E-state index contributed by atoms with van der Waals surface area (Å²) in [6, 6.07) is 0. The van der Waals surface area contributed by atoms with Crippen molar-refractivity contribution in [1.82, 2.24) is 0 Å². The minimum Gasteiger partial charge on any atom is -0.457 e. The van der Waals surface area contributed by atoms with Crippen LogP contribution in [0.2, 0.25) is 0 Å². The van der Waals surface area contributed by atoms with E-state index in [0.29, 0.717) is 5.92 Å². The zero-order valence-electron chi connectivity index (χ0n) is 21.3. The van der Waals surface area contributed by atoms with Gasteiger partial charge in [0.15, 0.2) is 6.10 Å². The predicted octanol–water partition coefficient (Wildman–Crippen LogP) is 3.13. The first-order valence-electron chi connectivity index (χ1n) is 12.7. The van der Waals surface area contributed by atoms with Gasteiger partial charge < -0.3 is 23.7 Å². The number of carbonyl (C=O) groups is 4. The highest BCUT2D eigenvalue weighted by atomic mass is 16.8. The fourth-order valence-corrected chi connectivity index (χ4v) is 8.93. The van der Waals surface area contributed by atoms with Crippen LogP contribution in [0.15, 0.2) is 0 Å². The molecule has 9 nitrogen and oxygen atoms in total. The summed E-state index contributed by atoms with van der Waals surface area (Å²) in [7, 11) is 0. The van der Waals surface area contributed by atoms with E-state index in [2.05, 4.69) is 20.8 Å². The minimum atomic E-state index is -1.83. The van der Waals surface area contributed by atoms with Crippen LogP contribution in [-0.4, -0.2) is 48.2 Å². The number of rotatable bonds is 4. The van der Waals surface area contributed by atoms with Gasteiger partial charge in [0.1, 0.15) is 0 Å². The van der Waals surface area contributed by atoms with Crippen LogP contribution in [0.3, 0.4) is 0 Å². The lowest BCUT2D eigenvalue weighted by molar-refractivity contribution is -0.212. The average molecular weight is 493 g/mol. The maximum atomic E-state index is 13.4. The fraction of sp³-hybridized carbons (Fsp3) is 0.846. The Bertz CT molecular complexity index is 958. The van der Waals surface area contributed by atoms with Crippen LogP contribution in [0.1, 0.15) is 73.6 Å². The van der Waals surface area contributed by atoms with Crippen molar-refractivity contribution in [3.05, 3.63) is 0 Å². The maximum Gasteiger partial charge on any atom is 0.357 e. The van der Waals surface area contributed by atoms with Crippen molar-refractivity contribution in [2.24, 2.45) is 40.4 Å². The van der Waals surface area contributed by atoms with Crippen molar-refractivity contribution in [3.8, 4) is 0 Å². The largest absolute Gasteiger partial charge is 0.457 e. The molecule has 10 atom stereocenters. The standard InChI is InChI=1S/C26H36O9/c1-12(27)31-20-17(15-8-9-16-24(4,5)10-7-11-25(15,16)6)18-19-22(33-21(18)32-13(2)28)34-23(30)26(19,20)35-14(3)29/h15-22H,7-11H2,1-6H3. The number of carbonyl (C=O) groups excluding carboxylic acids is 4. The van der Waals surface area contributed by atoms with Gasteiger partial charge in [-0.2, -0.15) is 0 Å². The molecular formula is C26H36O9. The Balaban J connectivity index is 1.66. The van der Waals surface area contributed by atoms with Gasteiger partial charge in [0.25, 0.3) is 5.60 Å². The van der Waals surface area contributed by atoms with Crippen molar-refractivity contribution in [3.63, 3.8) is 0 Å². The molecule has 2 aliphatic heterocycles. The molecule has 0 radical (unpaired) electrons. The van der Waals surface area contributed by atoms with Crippen LogP contribution in [-0.2, 0) is 42.9 Å². The second-order valence-electron chi connectivity index (χ2n) is 12.1. The molecule has 5 aliphatic rings. The number of ether oxygens (including phenoxy) is 5. The van der Waals surface area contributed by atoms with Crippen molar-refractivity contribution in [2.75, 3.05) is 0 Å². The average Bonchev–Trinajstić information content (AvgIpc) is 3.38. The summed E-state index contributed by atoms with van der Waals surface area (Å²) in [5.74, 6) is -3.71. The predicted molar refractivity (Wildman–Crippen MR) is 119 cm³/mol. The third kappa shape index (κ3) is 3.36. The topological polar surface area (TPSA) is 114 Å². The van der Waals surface area contributed by atoms with Crippen LogP contribution in [0.5, 0.6) is 0 Å². The molecule has 10 unspecified atom stereocenters. The fourth-order valence-electron chi connectivity index (χ4n) is 8.93. The van der Waals surface area contributed by atoms with E-state index >= 15 is 0 Å². The zero-order chi connectivity index (χ0) is 25.5. The molecule has 35 heavy (non-hydrogen) atoms. The smallest absolute Gasteiger partial charge is 0.357 e. The highest BCUT2D eigenvalue weighted by Gasteiger charge is 2.82. The number of fused-ring (bicyclic) bond motifs is 1. The highest BCUT2D eigenvalue weighted by Crippen LogP contribution is 2.70. The Morgan fingerprint density at radius 3 is 2.23 bits per heavy atom. The number of hydrogen-bond donors (Lipinski definition) is 0. The molecule has 5 rings (SSSR count). The molecule has 0 spiro atoms. The summed E-state index contributed by atoms with van der Waals surface area (Å²) in [5.41, 5.74) is -1.75. The van der Waals surface area contributed by atoms with Crippen LogP contribution in [0, 0.1) is 40.4 Å². The number of hydrogen-bond acceptors (Lipinski definition) is 9. The van der Waals surface area contributed by atoms with E-state index in [9.17, 15) is 19.2 Å². The van der Waals surface area contributed by atoms with Gasteiger partial charge in [0.2, 0.25) is 12.6 Å². The van der Waals surface area contributed by atoms with Gasteiger partial charge in [0.05, 0.1) is 5.92 Å². The Hall–Kier alpha value is -2.16. The van der Waals surface area contributed by atoms with Crippen LogP contribution in [0.25, 0.3) is 0 Å². The maximum absolute atomic E-state index is 13.4. The monoisotopic (exact) mass is 492 g/mol.